The van der Waals surface area contributed by atoms with E-state index in [1.54, 1.807) is 38.1 Å². The molecule has 1 N–H and O–H groups in total. The van der Waals surface area contributed by atoms with Crippen LogP contribution in [-0.4, -0.2) is 14.7 Å². The molecule has 0 aliphatic heterocycles. The second-order valence-corrected chi connectivity index (χ2v) is 4.80. The van der Waals surface area contributed by atoms with Gasteiger partial charge in [0.05, 0.1) is 6.61 Å². The van der Waals surface area contributed by atoms with E-state index in [9.17, 15) is 13.2 Å². The molecule has 108 valence electrons. The molecule has 0 bridgehead atoms. The maximum absolute atomic E-state index is 12.8. The Balaban J connectivity index is 2.50. The third kappa shape index (κ3) is 2.85. The fraction of sp³-hybridized carbons (Fsp3) is 0.357. The van der Waals surface area contributed by atoms with Crippen molar-refractivity contribution in [3.8, 4) is 11.4 Å². The van der Waals surface area contributed by atoms with Crippen LogP contribution >= 0.6 is 0 Å². The monoisotopic (exact) mass is 284 g/mol. The van der Waals surface area contributed by atoms with E-state index in [0.717, 1.165) is 6.20 Å². The van der Waals surface area contributed by atoms with Gasteiger partial charge in [-0.1, -0.05) is 24.3 Å². The van der Waals surface area contributed by atoms with Crippen molar-refractivity contribution in [2.24, 2.45) is 0 Å². The number of aliphatic hydroxyl groups is 1. The SMILES string of the molecule is CC(C)n1cc(C(F)(F)F)nc1-c1ccc(CO)cc1. The molecule has 0 fully saturated rings. The van der Waals surface area contributed by atoms with Gasteiger partial charge in [-0.2, -0.15) is 13.2 Å². The standard InChI is InChI=1S/C14H15F3N2O/c1-9(2)19-7-12(14(15,16)17)18-13(19)11-5-3-10(8-20)4-6-11/h3-7,9,20H,8H2,1-2H3. The number of halogens is 3. The Labute approximate surface area is 114 Å². The molecule has 3 nitrogen and oxygen atoms in total. The highest BCUT2D eigenvalue weighted by atomic mass is 19.4. The van der Waals surface area contributed by atoms with E-state index in [4.69, 9.17) is 5.11 Å². The maximum Gasteiger partial charge on any atom is 0.434 e. The molecule has 20 heavy (non-hydrogen) atoms. The van der Waals surface area contributed by atoms with E-state index in [1.165, 1.54) is 4.57 Å². The van der Waals surface area contributed by atoms with Crippen molar-refractivity contribution in [2.75, 3.05) is 0 Å². The highest BCUT2D eigenvalue weighted by molar-refractivity contribution is 5.57. The number of nitrogens with zero attached hydrogens (tertiary/aromatic N) is 2. The summed E-state index contributed by atoms with van der Waals surface area (Å²) in [7, 11) is 0. The summed E-state index contributed by atoms with van der Waals surface area (Å²) in [5.41, 5.74) is 0.395. The minimum Gasteiger partial charge on any atom is -0.392 e. The zero-order valence-corrected chi connectivity index (χ0v) is 11.1. The molecule has 2 aromatic rings. The van der Waals surface area contributed by atoms with E-state index in [0.29, 0.717) is 11.1 Å². The first-order valence-corrected chi connectivity index (χ1v) is 6.19. The first kappa shape index (κ1) is 14.6. The molecule has 0 unspecified atom stereocenters. The van der Waals surface area contributed by atoms with Crippen molar-refractivity contribution in [2.45, 2.75) is 32.7 Å². The Morgan fingerprint density at radius 2 is 1.80 bits per heavy atom. The highest BCUT2D eigenvalue weighted by Crippen LogP contribution is 2.32. The molecule has 0 atom stereocenters. The summed E-state index contributed by atoms with van der Waals surface area (Å²) in [6.45, 7) is 3.49. The topological polar surface area (TPSA) is 38.0 Å². The molecule has 0 aliphatic carbocycles. The molecule has 0 radical (unpaired) electrons. The molecule has 0 amide bonds. The second kappa shape index (κ2) is 5.28. The van der Waals surface area contributed by atoms with Crippen LogP contribution in [0.5, 0.6) is 0 Å². The largest absolute Gasteiger partial charge is 0.434 e. The summed E-state index contributed by atoms with van der Waals surface area (Å²) in [5.74, 6) is 0.275. The highest BCUT2D eigenvalue weighted by Gasteiger charge is 2.35. The van der Waals surface area contributed by atoms with Gasteiger partial charge in [0, 0.05) is 17.8 Å². The number of alkyl halides is 3. The number of hydrogen-bond acceptors (Lipinski definition) is 2. The summed E-state index contributed by atoms with van der Waals surface area (Å²) in [6, 6.07) is 6.52. The number of hydrogen-bond donors (Lipinski definition) is 1. The smallest absolute Gasteiger partial charge is 0.392 e. The van der Waals surface area contributed by atoms with Crippen molar-refractivity contribution in [3.05, 3.63) is 41.7 Å². The first-order chi connectivity index (χ1) is 9.32. The number of benzene rings is 1. The normalized spacial score (nSPS) is 12.2. The third-order valence-corrected chi connectivity index (χ3v) is 2.97. The van der Waals surface area contributed by atoms with Crippen LogP contribution in [0.2, 0.25) is 0 Å². The van der Waals surface area contributed by atoms with Crippen LogP contribution in [-0.2, 0) is 12.8 Å². The van der Waals surface area contributed by atoms with E-state index in [1.807, 2.05) is 0 Å². The van der Waals surface area contributed by atoms with Crippen molar-refractivity contribution in [1.29, 1.82) is 0 Å². The van der Waals surface area contributed by atoms with Crippen molar-refractivity contribution >= 4 is 0 Å². The van der Waals surface area contributed by atoms with Gasteiger partial charge in [-0.15, -0.1) is 0 Å². The van der Waals surface area contributed by atoms with Gasteiger partial charge in [0.2, 0.25) is 0 Å². The molecule has 0 spiro atoms. The van der Waals surface area contributed by atoms with Crippen molar-refractivity contribution in [1.82, 2.24) is 9.55 Å². The van der Waals surface area contributed by atoms with Crippen molar-refractivity contribution < 1.29 is 18.3 Å². The van der Waals surface area contributed by atoms with Crippen LogP contribution in [0.4, 0.5) is 13.2 Å². The van der Waals surface area contributed by atoms with Crippen LogP contribution < -0.4 is 0 Å². The molecule has 1 aromatic heterocycles. The molecule has 1 heterocycles. The average molecular weight is 284 g/mol. The number of aliphatic hydroxyl groups excluding tert-OH is 1. The molecule has 6 heteroatoms. The van der Waals surface area contributed by atoms with Gasteiger partial charge in [-0.3, -0.25) is 0 Å². The summed E-state index contributed by atoms with van der Waals surface area (Å²) >= 11 is 0. The third-order valence-electron chi connectivity index (χ3n) is 2.97. The Bertz CT molecular complexity index is 585. The predicted octanol–water partition coefficient (Wildman–Crippen LogP) is 3.64. The van der Waals surface area contributed by atoms with Gasteiger partial charge in [0.15, 0.2) is 5.69 Å². The Morgan fingerprint density at radius 3 is 2.25 bits per heavy atom. The summed E-state index contributed by atoms with van der Waals surface area (Å²) < 4.78 is 39.8. The Hall–Kier alpha value is -1.82. The van der Waals surface area contributed by atoms with Gasteiger partial charge in [0.25, 0.3) is 0 Å². The summed E-state index contributed by atoms with van der Waals surface area (Å²) in [4.78, 5) is 3.70. The summed E-state index contributed by atoms with van der Waals surface area (Å²) in [5, 5.41) is 8.98. The van der Waals surface area contributed by atoms with E-state index >= 15 is 0 Å². The van der Waals surface area contributed by atoms with E-state index in [-0.39, 0.29) is 18.5 Å². The predicted molar refractivity (Wildman–Crippen MR) is 69.0 cm³/mol. The van der Waals surface area contributed by atoms with Crippen LogP contribution in [0.15, 0.2) is 30.5 Å². The number of rotatable bonds is 3. The first-order valence-electron chi connectivity index (χ1n) is 6.19. The van der Waals surface area contributed by atoms with Crippen LogP contribution in [0.1, 0.15) is 31.1 Å². The van der Waals surface area contributed by atoms with Gasteiger partial charge in [-0.25, -0.2) is 4.98 Å². The molecular weight excluding hydrogens is 269 g/mol. The average Bonchev–Trinajstić information content (AvgIpc) is 2.84. The lowest BCUT2D eigenvalue weighted by Crippen LogP contribution is -2.05. The molecule has 0 aliphatic rings. The fourth-order valence-corrected chi connectivity index (χ4v) is 1.90. The fourth-order valence-electron chi connectivity index (χ4n) is 1.90. The number of aromatic nitrogens is 2. The minimum atomic E-state index is -4.46. The van der Waals surface area contributed by atoms with Gasteiger partial charge >= 0.3 is 6.18 Å². The molecular formula is C14H15F3N2O. The second-order valence-electron chi connectivity index (χ2n) is 4.80. The molecule has 1 aromatic carbocycles. The lowest BCUT2D eigenvalue weighted by molar-refractivity contribution is -0.140. The van der Waals surface area contributed by atoms with Crippen molar-refractivity contribution in [3.63, 3.8) is 0 Å². The van der Waals surface area contributed by atoms with E-state index in [2.05, 4.69) is 4.98 Å². The zero-order chi connectivity index (χ0) is 14.9. The van der Waals surface area contributed by atoms with Crippen LogP contribution in [0, 0.1) is 0 Å². The molecule has 2 rings (SSSR count). The molecule has 0 saturated carbocycles. The van der Waals surface area contributed by atoms with Gasteiger partial charge < -0.3 is 9.67 Å². The van der Waals surface area contributed by atoms with Crippen LogP contribution in [0.25, 0.3) is 11.4 Å². The maximum atomic E-state index is 12.8. The Kier molecular flexibility index (Phi) is 3.85. The lowest BCUT2D eigenvalue weighted by Gasteiger charge is -2.11. The quantitative estimate of drug-likeness (QED) is 0.934. The van der Waals surface area contributed by atoms with E-state index < -0.39 is 11.9 Å². The van der Waals surface area contributed by atoms with Crippen LogP contribution in [0.3, 0.4) is 0 Å². The van der Waals surface area contributed by atoms with Gasteiger partial charge in [0.1, 0.15) is 5.82 Å². The minimum absolute atomic E-state index is 0.104. The molecule has 0 saturated heterocycles. The zero-order valence-electron chi connectivity index (χ0n) is 11.1. The summed E-state index contributed by atoms with van der Waals surface area (Å²) in [6.07, 6.45) is -3.43. The number of imidazole rings is 1. The lowest BCUT2D eigenvalue weighted by atomic mass is 10.1. The van der Waals surface area contributed by atoms with Gasteiger partial charge in [-0.05, 0) is 19.4 Å². The Morgan fingerprint density at radius 1 is 1.20 bits per heavy atom.